The molecular formula is C9H5ClINO2. The van der Waals surface area contributed by atoms with E-state index in [1.54, 1.807) is 6.07 Å². The van der Waals surface area contributed by atoms with Gasteiger partial charge in [-0.3, -0.25) is 0 Å². The highest BCUT2D eigenvalue weighted by atomic mass is 127. The maximum Gasteiger partial charge on any atom is 0.337 e. The number of benzene rings is 1. The van der Waals surface area contributed by atoms with Crippen molar-refractivity contribution in [2.24, 2.45) is 0 Å². The molecule has 0 bridgehead atoms. The predicted molar refractivity (Wildman–Crippen MR) is 60.2 cm³/mol. The smallest absolute Gasteiger partial charge is 0.337 e. The standard InChI is InChI=1S/C9H5ClINO2/c1-14-9(13)5-2-7(10)6(4-12)8(11)3-5/h2-3H,1H3. The summed E-state index contributed by atoms with van der Waals surface area (Å²) in [5, 5.41) is 8.99. The quantitative estimate of drug-likeness (QED) is 0.590. The van der Waals surface area contributed by atoms with Gasteiger partial charge in [-0.05, 0) is 34.7 Å². The molecule has 1 aromatic carbocycles. The fourth-order valence-electron chi connectivity index (χ4n) is 0.916. The third-order valence-electron chi connectivity index (χ3n) is 1.58. The molecule has 0 saturated heterocycles. The van der Waals surface area contributed by atoms with Crippen molar-refractivity contribution in [3.63, 3.8) is 0 Å². The lowest BCUT2D eigenvalue weighted by molar-refractivity contribution is 0.0600. The van der Waals surface area contributed by atoms with E-state index in [9.17, 15) is 4.79 Å². The van der Waals surface area contributed by atoms with Crippen LogP contribution in [0.5, 0.6) is 0 Å². The zero-order chi connectivity index (χ0) is 10.7. The summed E-state index contributed by atoms with van der Waals surface area (Å²) in [6.07, 6.45) is 0. The van der Waals surface area contributed by atoms with Crippen molar-refractivity contribution in [2.75, 3.05) is 7.11 Å². The first-order valence-electron chi connectivity index (χ1n) is 3.57. The van der Waals surface area contributed by atoms with Crippen molar-refractivity contribution in [3.8, 4) is 6.07 Å². The Morgan fingerprint density at radius 1 is 1.64 bits per heavy atom. The van der Waals surface area contributed by atoms with Crippen LogP contribution in [0.25, 0.3) is 0 Å². The van der Waals surface area contributed by atoms with Crippen LogP contribution in [-0.2, 0) is 4.74 Å². The van der Waals surface area contributed by atoms with Gasteiger partial charge in [0.05, 0.1) is 23.3 Å². The fraction of sp³-hybridized carbons (Fsp3) is 0.111. The molecule has 1 rings (SSSR count). The van der Waals surface area contributed by atoms with Crippen LogP contribution in [0.1, 0.15) is 15.9 Å². The van der Waals surface area contributed by atoms with Gasteiger partial charge in [0.25, 0.3) is 0 Å². The number of nitrogens with zero attached hydrogens (tertiary/aromatic N) is 1. The van der Waals surface area contributed by atoms with E-state index in [4.69, 9.17) is 16.9 Å². The van der Waals surface area contributed by atoms with Gasteiger partial charge < -0.3 is 4.74 Å². The maximum atomic E-state index is 11.2. The van der Waals surface area contributed by atoms with Crippen LogP contribution in [0.15, 0.2) is 12.1 Å². The van der Waals surface area contributed by atoms with Crippen LogP contribution in [0.2, 0.25) is 5.02 Å². The first kappa shape index (κ1) is 11.3. The zero-order valence-electron chi connectivity index (χ0n) is 7.17. The van der Waals surface area contributed by atoms with Gasteiger partial charge in [0.1, 0.15) is 6.07 Å². The van der Waals surface area contributed by atoms with Gasteiger partial charge in [0.15, 0.2) is 0 Å². The van der Waals surface area contributed by atoms with Crippen LogP contribution in [0, 0.1) is 14.9 Å². The molecule has 1 aromatic rings. The number of esters is 1. The number of hydrogen-bond donors (Lipinski definition) is 0. The van der Waals surface area contributed by atoms with Crippen molar-refractivity contribution >= 4 is 40.2 Å². The Bertz CT molecular complexity index is 402. The number of halogens is 2. The zero-order valence-corrected chi connectivity index (χ0v) is 10.1. The number of nitriles is 1. The second-order valence-corrected chi connectivity index (χ2v) is 3.99. The Morgan fingerprint density at radius 3 is 2.71 bits per heavy atom. The van der Waals surface area contributed by atoms with E-state index in [0.29, 0.717) is 14.7 Å². The molecule has 0 atom stereocenters. The molecule has 0 N–H and O–H groups in total. The van der Waals surface area contributed by atoms with Crippen LogP contribution >= 0.6 is 34.2 Å². The lowest BCUT2D eigenvalue weighted by atomic mass is 10.1. The number of ether oxygens (including phenoxy) is 1. The molecule has 0 amide bonds. The number of rotatable bonds is 1. The summed E-state index contributed by atoms with van der Waals surface area (Å²) in [5.41, 5.74) is 0.723. The van der Waals surface area contributed by atoms with Crippen LogP contribution in [0.4, 0.5) is 0 Å². The Labute approximate surface area is 99.8 Å². The molecule has 0 heterocycles. The van der Waals surface area contributed by atoms with Gasteiger partial charge in [0.2, 0.25) is 0 Å². The minimum absolute atomic E-state index is 0.264. The van der Waals surface area contributed by atoms with E-state index >= 15 is 0 Å². The second kappa shape index (κ2) is 4.62. The van der Waals surface area contributed by atoms with E-state index < -0.39 is 5.97 Å². The third-order valence-corrected chi connectivity index (χ3v) is 2.72. The maximum absolute atomic E-state index is 11.2. The fourth-order valence-corrected chi connectivity index (χ4v) is 2.08. The summed E-state index contributed by atoms with van der Waals surface area (Å²) in [6, 6.07) is 4.95. The van der Waals surface area contributed by atoms with E-state index in [1.807, 2.05) is 28.7 Å². The van der Waals surface area contributed by atoms with Gasteiger partial charge >= 0.3 is 5.97 Å². The predicted octanol–water partition coefficient (Wildman–Crippen LogP) is 2.60. The van der Waals surface area contributed by atoms with Gasteiger partial charge in [-0.2, -0.15) is 5.26 Å². The minimum atomic E-state index is -0.464. The molecule has 14 heavy (non-hydrogen) atoms. The molecule has 3 nitrogen and oxygen atoms in total. The van der Waals surface area contributed by atoms with Crippen molar-refractivity contribution in [3.05, 3.63) is 31.9 Å². The van der Waals surface area contributed by atoms with E-state index in [0.717, 1.165) is 0 Å². The molecule has 0 saturated carbocycles. The van der Waals surface area contributed by atoms with Crippen molar-refractivity contribution in [2.45, 2.75) is 0 Å². The largest absolute Gasteiger partial charge is 0.465 e. The SMILES string of the molecule is COC(=O)c1cc(Cl)c(C#N)c(I)c1. The average molecular weight is 322 g/mol. The van der Waals surface area contributed by atoms with E-state index in [-0.39, 0.29) is 5.02 Å². The molecular weight excluding hydrogens is 316 g/mol. The molecule has 0 aromatic heterocycles. The Kier molecular flexibility index (Phi) is 3.72. The summed E-state index contributed by atoms with van der Waals surface area (Å²) in [4.78, 5) is 11.2. The highest BCUT2D eigenvalue weighted by Gasteiger charge is 2.12. The third kappa shape index (κ3) is 2.16. The topological polar surface area (TPSA) is 50.1 Å². The number of methoxy groups -OCH3 is 1. The average Bonchev–Trinajstić information content (AvgIpc) is 2.16. The minimum Gasteiger partial charge on any atom is -0.465 e. The first-order chi connectivity index (χ1) is 6.60. The molecule has 0 fully saturated rings. The lowest BCUT2D eigenvalue weighted by Gasteiger charge is -2.03. The van der Waals surface area contributed by atoms with Crippen molar-refractivity contribution < 1.29 is 9.53 Å². The first-order valence-corrected chi connectivity index (χ1v) is 5.03. The Hall–Kier alpha value is -0.800. The Balaban J connectivity index is 3.29. The summed E-state index contributed by atoms with van der Waals surface area (Å²) >= 11 is 7.75. The molecule has 0 aliphatic carbocycles. The molecule has 5 heteroatoms. The van der Waals surface area contributed by atoms with Crippen LogP contribution in [0.3, 0.4) is 0 Å². The molecule has 0 aliphatic heterocycles. The number of hydrogen-bond acceptors (Lipinski definition) is 3. The van der Waals surface area contributed by atoms with Crippen LogP contribution in [-0.4, -0.2) is 13.1 Å². The second-order valence-electron chi connectivity index (χ2n) is 2.42. The summed E-state index contributed by atoms with van der Waals surface area (Å²) < 4.78 is 5.17. The monoisotopic (exact) mass is 321 g/mol. The van der Waals surface area contributed by atoms with Gasteiger partial charge in [-0.25, -0.2) is 4.79 Å². The Morgan fingerprint density at radius 2 is 2.29 bits per heavy atom. The summed E-state index contributed by atoms with van der Waals surface area (Å²) in [6.45, 7) is 0. The van der Waals surface area contributed by atoms with E-state index in [2.05, 4.69) is 4.74 Å². The van der Waals surface area contributed by atoms with Gasteiger partial charge in [0, 0.05) is 3.57 Å². The highest BCUT2D eigenvalue weighted by Crippen LogP contribution is 2.23. The molecule has 0 radical (unpaired) electrons. The number of carbonyl (C=O) groups excluding carboxylic acids is 1. The molecule has 72 valence electrons. The van der Waals surface area contributed by atoms with Crippen LogP contribution < -0.4 is 0 Å². The molecule has 0 aliphatic rings. The normalized spacial score (nSPS) is 9.29. The number of carbonyl (C=O) groups is 1. The highest BCUT2D eigenvalue weighted by molar-refractivity contribution is 14.1. The van der Waals surface area contributed by atoms with Gasteiger partial charge in [-0.1, -0.05) is 11.6 Å². The van der Waals surface area contributed by atoms with E-state index in [1.165, 1.54) is 13.2 Å². The van der Waals surface area contributed by atoms with Crippen molar-refractivity contribution in [1.82, 2.24) is 0 Å². The molecule has 0 unspecified atom stereocenters. The summed E-state index contributed by atoms with van der Waals surface area (Å²) in [5.74, 6) is -0.464. The lowest BCUT2D eigenvalue weighted by Crippen LogP contribution is -2.02. The van der Waals surface area contributed by atoms with Crippen molar-refractivity contribution in [1.29, 1.82) is 5.26 Å². The summed E-state index contributed by atoms with van der Waals surface area (Å²) in [7, 11) is 1.29. The van der Waals surface area contributed by atoms with Gasteiger partial charge in [-0.15, -0.1) is 0 Å². The molecule has 0 spiro atoms.